The standard InChI is InChI=1S/C23H21N3O2/c27-22(6-3-7-23-26-20-4-1-2-5-21(20)28-23)25-19-10-8-17(9-11-19)16-18-12-14-24-15-13-18/h1-2,4-5,8-15H,3,6-7,16H2,(H,25,27). The van der Waals surface area contributed by atoms with E-state index in [4.69, 9.17) is 4.42 Å². The van der Waals surface area contributed by atoms with E-state index < -0.39 is 0 Å². The lowest BCUT2D eigenvalue weighted by Gasteiger charge is -2.06. The van der Waals surface area contributed by atoms with Gasteiger partial charge < -0.3 is 9.73 Å². The van der Waals surface area contributed by atoms with Crippen LogP contribution in [0.15, 0.2) is 77.5 Å². The molecule has 0 saturated heterocycles. The van der Waals surface area contributed by atoms with Gasteiger partial charge in [-0.05, 0) is 60.4 Å². The van der Waals surface area contributed by atoms with Gasteiger partial charge in [-0.1, -0.05) is 24.3 Å². The third kappa shape index (κ3) is 4.62. The number of hydrogen-bond acceptors (Lipinski definition) is 4. The number of anilines is 1. The van der Waals surface area contributed by atoms with Gasteiger partial charge in [-0.2, -0.15) is 0 Å². The molecule has 1 N–H and O–H groups in total. The molecule has 2 aromatic carbocycles. The second-order valence-corrected chi connectivity index (χ2v) is 6.71. The summed E-state index contributed by atoms with van der Waals surface area (Å²) in [5, 5.41) is 2.95. The lowest BCUT2D eigenvalue weighted by atomic mass is 10.1. The summed E-state index contributed by atoms with van der Waals surface area (Å²) in [7, 11) is 0. The second-order valence-electron chi connectivity index (χ2n) is 6.71. The number of amides is 1. The minimum atomic E-state index is -0.00186. The molecular weight excluding hydrogens is 350 g/mol. The van der Waals surface area contributed by atoms with E-state index in [9.17, 15) is 4.79 Å². The molecular formula is C23H21N3O2. The molecule has 28 heavy (non-hydrogen) atoms. The maximum absolute atomic E-state index is 12.2. The molecule has 0 atom stereocenters. The Kier molecular flexibility index (Phi) is 5.43. The molecule has 4 aromatic rings. The summed E-state index contributed by atoms with van der Waals surface area (Å²) in [5.41, 5.74) is 4.86. The molecule has 1 amide bonds. The lowest BCUT2D eigenvalue weighted by molar-refractivity contribution is -0.116. The molecule has 2 heterocycles. The third-order valence-electron chi connectivity index (χ3n) is 4.53. The first kappa shape index (κ1) is 17.9. The zero-order valence-electron chi connectivity index (χ0n) is 15.5. The largest absolute Gasteiger partial charge is 0.441 e. The summed E-state index contributed by atoms with van der Waals surface area (Å²) in [6.45, 7) is 0. The molecule has 0 aliphatic carbocycles. The van der Waals surface area contributed by atoms with E-state index >= 15 is 0 Å². The first-order valence-corrected chi connectivity index (χ1v) is 9.38. The number of pyridine rings is 1. The van der Waals surface area contributed by atoms with Gasteiger partial charge >= 0.3 is 0 Å². The average Bonchev–Trinajstić information content (AvgIpc) is 3.13. The number of hydrogen-bond donors (Lipinski definition) is 1. The van der Waals surface area contributed by atoms with Gasteiger partial charge in [0.05, 0.1) is 0 Å². The Morgan fingerprint density at radius 1 is 0.929 bits per heavy atom. The number of aromatic nitrogens is 2. The zero-order valence-corrected chi connectivity index (χ0v) is 15.5. The summed E-state index contributed by atoms with van der Waals surface area (Å²) >= 11 is 0. The fourth-order valence-electron chi connectivity index (χ4n) is 3.09. The molecule has 0 unspecified atom stereocenters. The van der Waals surface area contributed by atoms with Crippen molar-refractivity contribution >= 4 is 22.7 Å². The predicted molar refractivity (Wildman–Crippen MR) is 109 cm³/mol. The Balaban J connectivity index is 1.25. The molecule has 4 rings (SSSR count). The van der Waals surface area contributed by atoms with E-state index in [1.807, 2.05) is 60.7 Å². The van der Waals surface area contributed by atoms with Crippen molar-refractivity contribution in [1.82, 2.24) is 9.97 Å². The fourth-order valence-corrected chi connectivity index (χ4v) is 3.09. The monoisotopic (exact) mass is 371 g/mol. The van der Waals surface area contributed by atoms with Crippen molar-refractivity contribution in [3.8, 4) is 0 Å². The molecule has 2 aromatic heterocycles. The van der Waals surface area contributed by atoms with Crippen molar-refractivity contribution in [2.45, 2.75) is 25.7 Å². The molecule has 0 bridgehead atoms. The predicted octanol–water partition coefficient (Wildman–Crippen LogP) is 4.78. The van der Waals surface area contributed by atoms with Crippen molar-refractivity contribution in [2.75, 3.05) is 5.32 Å². The fraction of sp³-hybridized carbons (Fsp3) is 0.174. The maximum Gasteiger partial charge on any atom is 0.224 e. The minimum Gasteiger partial charge on any atom is -0.441 e. The van der Waals surface area contributed by atoms with Gasteiger partial charge in [-0.3, -0.25) is 9.78 Å². The maximum atomic E-state index is 12.2. The molecule has 0 saturated carbocycles. The molecule has 5 heteroatoms. The first-order chi connectivity index (χ1) is 13.8. The minimum absolute atomic E-state index is 0.00186. The van der Waals surface area contributed by atoms with E-state index in [1.54, 1.807) is 12.4 Å². The number of nitrogens with one attached hydrogen (secondary N) is 1. The van der Waals surface area contributed by atoms with E-state index in [0.29, 0.717) is 25.2 Å². The average molecular weight is 371 g/mol. The summed E-state index contributed by atoms with van der Waals surface area (Å²) in [4.78, 5) is 20.6. The van der Waals surface area contributed by atoms with Crippen LogP contribution in [0.2, 0.25) is 0 Å². The van der Waals surface area contributed by atoms with E-state index in [0.717, 1.165) is 23.2 Å². The molecule has 5 nitrogen and oxygen atoms in total. The van der Waals surface area contributed by atoms with Gasteiger partial charge in [0.15, 0.2) is 11.5 Å². The van der Waals surface area contributed by atoms with Crippen molar-refractivity contribution in [1.29, 1.82) is 0 Å². The van der Waals surface area contributed by atoms with Crippen LogP contribution in [-0.4, -0.2) is 15.9 Å². The van der Waals surface area contributed by atoms with Crippen molar-refractivity contribution < 1.29 is 9.21 Å². The molecule has 0 spiro atoms. The Labute approximate surface area is 163 Å². The van der Waals surface area contributed by atoms with E-state index in [2.05, 4.69) is 15.3 Å². The van der Waals surface area contributed by atoms with Gasteiger partial charge in [0.25, 0.3) is 0 Å². The van der Waals surface area contributed by atoms with Crippen LogP contribution in [0.4, 0.5) is 5.69 Å². The molecule has 140 valence electrons. The van der Waals surface area contributed by atoms with Crippen LogP contribution < -0.4 is 5.32 Å². The Hall–Kier alpha value is -3.47. The highest BCUT2D eigenvalue weighted by Crippen LogP contribution is 2.17. The topological polar surface area (TPSA) is 68.0 Å². The van der Waals surface area contributed by atoms with Crippen LogP contribution in [0.25, 0.3) is 11.1 Å². The van der Waals surface area contributed by atoms with Crippen LogP contribution in [-0.2, 0) is 17.6 Å². The number of benzene rings is 2. The molecule has 0 fully saturated rings. The highest BCUT2D eigenvalue weighted by atomic mass is 16.3. The first-order valence-electron chi connectivity index (χ1n) is 9.38. The van der Waals surface area contributed by atoms with Gasteiger partial charge in [0, 0.05) is 30.9 Å². The highest BCUT2D eigenvalue weighted by molar-refractivity contribution is 5.90. The summed E-state index contributed by atoms with van der Waals surface area (Å²) in [5.74, 6) is 0.674. The Bertz CT molecular complexity index is 1020. The van der Waals surface area contributed by atoms with Crippen LogP contribution >= 0.6 is 0 Å². The van der Waals surface area contributed by atoms with Crippen molar-refractivity contribution in [2.24, 2.45) is 0 Å². The number of rotatable bonds is 7. The van der Waals surface area contributed by atoms with Gasteiger partial charge in [0.1, 0.15) is 5.52 Å². The zero-order chi connectivity index (χ0) is 19.2. The van der Waals surface area contributed by atoms with Crippen LogP contribution in [0.5, 0.6) is 0 Å². The summed E-state index contributed by atoms with van der Waals surface area (Å²) in [6.07, 6.45) is 6.21. The van der Waals surface area contributed by atoms with Crippen LogP contribution in [0.1, 0.15) is 29.9 Å². The van der Waals surface area contributed by atoms with Crippen LogP contribution in [0.3, 0.4) is 0 Å². The quantitative estimate of drug-likeness (QED) is 0.508. The van der Waals surface area contributed by atoms with E-state index in [-0.39, 0.29) is 5.91 Å². The van der Waals surface area contributed by atoms with E-state index in [1.165, 1.54) is 11.1 Å². The second kappa shape index (κ2) is 8.48. The summed E-state index contributed by atoms with van der Waals surface area (Å²) < 4.78 is 5.68. The van der Waals surface area contributed by atoms with Crippen LogP contribution in [0, 0.1) is 0 Å². The molecule has 0 radical (unpaired) electrons. The highest BCUT2D eigenvalue weighted by Gasteiger charge is 2.07. The van der Waals surface area contributed by atoms with Gasteiger partial charge in [0.2, 0.25) is 5.91 Å². The van der Waals surface area contributed by atoms with Gasteiger partial charge in [-0.25, -0.2) is 4.98 Å². The Morgan fingerprint density at radius 2 is 1.68 bits per heavy atom. The third-order valence-corrected chi connectivity index (χ3v) is 4.53. The Morgan fingerprint density at radius 3 is 2.46 bits per heavy atom. The number of fused-ring (bicyclic) bond motifs is 1. The number of carbonyl (C=O) groups is 1. The number of nitrogens with zero attached hydrogens (tertiary/aromatic N) is 2. The number of para-hydroxylation sites is 2. The number of oxazole rings is 1. The lowest BCUT2D eigenvalue weighted by Crippen LogP contribution is -2.11. The van der Waals surface area contributed by atoms with Crippen molar-refractivity contribution in [3.05, 3.63) is 90.1 Å². The summed E-state index contributed by atoms with van der Waals surface area (Å²) in [6, 6.07) is 19.6. The van der Waals surface area contributed by atoms with Gasteiger partial charge in [-0.15, -0.1) is 0 Å². The number of carbonyl (C=O) groups excluding carboxylic acids is 1. The normalized spacial score (nSPS) is 10.9. The smallest absolute Gasteiger partial charge is 0.224 e. The molecule has 0 aliphatic rings. The SMILES string of the molecule is O=C(CCCc1nc2ccccc2o1)Nc1ccc(Cc2ccncc2)cc1. The molecule has 0 aliphatic heterocycles. The van der Waals surface area contributed by atoms with Crippen molar-refractivity contribution in [3.63, 3.8) is 0 Å². The number of aryl methyl sites for hydroxylation is 1.